The summed E-state index contributed by atoms with van der Waals surface area (Å²) in [5, 5.41) is 17.4. The van der Waals surface area contributed by atoms with Crippen LogP contribution in [0.5, 0.6) is 0 Å². The summed E-state index contributed by atoms with van der Waals surface area (Å²) in [5.74, 6) is -0.136. The van der Waals surface area contributed by atoms with E-state index < -0.39 is 5.41 Å². The molecule has 24 heavy (non-hydrogen) atoms. The highest BCUT2D eigenvalue weighted by molar-refractivity contribution is 7.20. The van der Waals surface area contributed by atoms with Gasteiger partial charge in [0.1, 0.15) is 4.83 Å². The van der Waals surface area contributed by atoms with E-state index in [9.17, 15) is 10.1 Å². The van der Waals surface area contributed by atoms with Crippen LogP contribution in [0, 0.1) is 18.3 Å². The van der Waals surface area contributed by atoms with Gasteiger partial charge in [0.15, 0.2) is 0 Å². The molecule has 0 aliphatic rings. The van der Waals surface area contributed by atoms with E-state index in [4.69, 9.17) is 0 Å². The van der Waals surface area contributed by atoms with Crippen LogP contribution >= 0.6 is 11.3 Å². The standard InChI is InChI=1S/C18H18N4OS/c1-11-14-9-15(24-17(14)22(4)21-11)16(23)20-13-7-5-12(6-8-13)18(2,3)10-19/h5-9H,1-4H3,(H,20,23). The summed E-state index contributed by atoms with van der Waals surface area (Å²) >= 11 is 1.43. The molecule has 0 aliphatic carbocycles. The summed E-state index contributed by atoms with van der Waals surface area (Å²) < 4.78 is 1.80. The third-order valence-corrected chi connectivity index (χ3v) is 5.26. The van der Waals surface area contributed by atoms with E-state index in [1.54, 1.807) is 4.68 Å². The fourth-order valence-electron chi connectivity index (χ4n) is 2.54. The molecule has 1 N–H and O–H groups in total. The topological polar surface area (TPSA) is 70.7 Å². The number of hydrogen-bond donors (Lipinski definition) is 1. The number of anilines is 1. The highest BCUT2D eigenvalue weighted by Crippen LogP contribution is 2.28. The van der Waals surface area contributed by atoms with Crippen molar-refractivity contribution in [2.75, 3.05) is 5.32 Å². The predicted molar refractivity (Wildman–Crippen MR) is 96.4 cm³/mol. The Balaban J connectivity index is 1.81. The van der Waals surface area contributed by atoms with Crippen LogP contribution in [0.1, 0.15) is 34.8 Å². The van der Waals surface area contributed by atoms with Crippen molar-refractivity contribution in [1.82, 2.24) is 9.78 Å². The largest absolute Gasteiger partial charge is 0.321 e. The Morgan fingerprint density at radius 3 is 2.58 bits per heavy atom. The van der Waals surface area contributed by atoms with Gasteiger partial charge < -0.3 is 5.32 Å². The number of nitrogens with zero attached hydrogens (tertiary/aromatic N) is 3. The van der Waals surface area contributed by atoms with Crippen LogP contribution < -0.4 is 5.32 Å². The molecule has 0 radical (unpaired) electrons. The predicted octanol–water partition coefficient (Wildman–Crippen LogP) is 4.00. The Morgan fingerprint density at radius 2 is 2.00 bits per heavy atom. The van der Waals surface area contributed by atoms with Crippen molar-refractivity contribution in [2.45, 2.75) is 26.2 Å². The van der Waals surface area contributed by atoms with Crippen molar-refractivity contribution in [3.8, 4) is 6.07 Å². The smallest absolute Gasteiger partial charge is 0.265 e. The molecule has 0 unspecified atom stereocenters. The van der Waals surface area contributed by atoms with Gasteiger partial charge in [0.25, 0.3) is 5.91 Å². The molecule has 5 nitrogen and oxygen atoms in total. The van der Waals surface area contributed by atoms with Gasteiger partial charge in [-0.3, -0.25) is 9.48 Å². The van der Waals surface area contributed by atoms with Gasteiger partial charge in [-0.25, -0.2) is 0 Å². The Bertz CT molecular complexity index is 923. The van der Waals surface area contributed by atoms with E-state index >= 15 is 0 Å². The van der Waals surface area contributed by atoms with E-state index in [1.807, 2.05) is 58.2 Å². The number of fused-ring (bicyclic) bond motifs is 1. The van der Waals surface area contributed by atoms with Gasteiger partial charge in [0.05, 0.1) is 22.1 Å². The Labute approximate surface area is 144 Å². The van der Waals surface area contributed by atoms with Crippen molar-refractivity contribution in [2.24, 2.45) is 7.05 Å². The number of nitrogens with one attached hydrogen (secondary N) is 1. The fraction of sp³-hybridized carbons (Fsp3) is 0.278. The van der Waals surface area contributed by atoms with Gasteiger partial charge in [-0.05, 0) is 44.5 Å². The maximum atomic E-state index is 12.5. The second kappa shape index (κ2) is 5.77. The zero-order valence-corrected chi connectivity index (χ0v) is 14.9. The van der Waals surface area contributed by atoms with Crippen molar-refractivity contribution in [1.29, 1.82) is 5.26 Å². The number of rotatable bonds is 3. The molecule has 1 aromatic carbocycles. The van der Waals surface area contributed by atoms with Gasteiger partial charge in [-0.1, -0.05) is 12.1 Å². The average Bonchev–Trinajstić information content (AvgIpc) is 3.10. The van der Waals surface area contributed by atoms with E-state index in [1.165, 1.54) is 11.3 Å². The summed E-state index contributed by atoms with van der Waals surface area (Å²) in [6.45, 7) is 5.68. The minimum absolute atomic E-state index is 0.136. The molecule has 0 saturated carbocycles. The molecule has 3 rings (SSSR count). The normalized spacial score (nSPS) is 11.5. The first-order valence-electron chi connectivity index (χ1n) is 7.58. The van der Waals surface area contributed by atoms with E-state index in [-0.39, 0.29) is 5.91 Å². The molecule has 1 amide bonds. The number of carbonyl (C=O) groups is 1. The quantitative estimate of drug-likeness (QED) is 0.785. The molecule has 0 saturated heterocycles. The lowest BCUT2D eigenvalue weighted by Gasteiger charge is -2.16. The third kappa shape index (κ3) is 2.79. The molecule has 0 atom stereocenters. The molecule has 0 fully saturated rings. The van der Waals surface area contributed by atoms with Crippen LogP contribution in [-0.4, -0.2) is 15.7 Å². The Hall–Kier alpha value is -2.65. The number of thiophene rings is 1. The van der Waals surface area contributed by atoms with Gasteiger partial charge >= 0.3 is 0 Å². The lowest BCUT2D eigenvalue weighted by molar-refractivity contribution is 0.103. The number of benzene rings is 1. The second-order valence-electron chi connectivity index (χ2n) is 6.31. The minimum atomic E-state index is -0.543. The molecule has 122 valence electrons. The number of amides is 1. The van der Waals surface area contributed by atoms with Crippen molar-refractivity contribution < 1.29 is 4.79 Å². The summed E-state index contributed by atoms with van der Waals surface area (Å²) in [5.41, 5.74) is 2.01. The second-order valence-corrected chi connectivity index (χ2v) is 7.34. The van der Waals surface area contributed by atoms with Crippen LogP contribution in [0.2, 0.25) is 0 Å². The Morgan fingerprint density at radius 1 is 1.33 bits per heavy atom. The molecule has 2 aromatic heterocycles. The van der Waals surface area contributed by atoms with Crippen molar-refractivity contribution in [3.05, 3.63) is 46.5 Å². The van der Waals surface area contributed by atoms with Crippen molar-refractivity contribution in [3.63, 3.8) is 0 Å². The van der Waals surface area contributed by atoms with Gasteiger partial charge in [-0.2, -0.15) is 10.4 Å². The van der Waals surface area contributed by atoms with E-state index in [0.717, 1.165) is 21.5 Å². The number of aryl methyl sites for hydroxylation is 2. The Kier molecular flexibility index (Phi) is 3.90. The highest BCUT2D eigenvalue weighted by atomic mass is 32.1. The summed E-state index contributed by atoms with van der Waals surface area (Å²) in [7, 11) is 1.88. The maximum absolute atomic E-state index is 12.5. The number of aromatic nitrogens is 2. The molecule has 3 aromatic rings. The van der Waals surface area contributed by atoms with Crippen LogP contribution in [0.15, 0.2) is 30.3 Å². The lowest BCUT2D eigenvalue weighted by Crippen LogP contribution is -2.14. The molecule has 2 heterocycles. The van der Waals surface area contributed by atoms with Crippen LogP contribution in [0.4, 0.5) is 5.69 Å². The molecular weight excluding hydrogens is 320 g/mol. The molecule has 6 heteroatoms. The van der Waals surface area contributed by atoms with Gasteiger partial charge in [0, 0.05) is 18.1 Å². The average molecular weight is 338 g/mol. The summed E-state index contributed by atoms with van der Waals surface area (Å²) in [6, 6.07) is 11.5. The first-order chi connectivity index (χ1) is 11.3. The first-order valence-corrected chi connectivity index (χ1v) is 8.40. The highest BCUT2D eigenvalue weighted by Gasteiger charge is 2.20. The van der Waals surface area contributed by atoms with Crippen molar-refractivity contribution >= 4 is 33.1 Å². The SMILES string of the molecule is Cc1nn(C)c2sc(C(=O)Nc3ccc(C(C)(C)C#N)cc3)cc12. The molecular formula is C18H18N4OS. The lowest BCUT2D eigenvalue weighted by atomic mass is 9.86. The van der Waals surface area contributed by atoms with E-state index in [0.29, 0.717) is 10.6 Å². The zero-order valence-electron chi connectivity index (χ0n) is 14.0. The van der Waals surface area contributed by atoms with Crippen LogP contribution in [0.25, 0.3) is 10.2 Å². The van der Waals surface area contributed by atoms with E-state index in [2.05, 4.69) is 16.5 Å². The fourth-order valence-corrected chi connectivity index (χ4v) is 3.56. The van der Waals surface area contributed by atoms with Crippen LogP contribution in [-0.2, 0) is 12.5 Å². The monoisotopic (exact) mass is 338 g/mol. The maximum Gasteiger partial charge on any atom is 0.265 e. The minimum Gasteiger partial charge on any atom is -0.321 e. The number of carbonyl (C=O) groups excluding carboxylic acids is 1. The van der Waals surface area contributed by atoms with Gasteiger partial charge in [0.2, 0.25) is 0 Å². The first kappa shape index (κ1) is 16.2. The molecule has 0 aliphatic heterocycles. The molecule has 0 spiro atoms. The van der Waals surface area contributed by atoms with Crippen LogP contribution in [0.3, 0.4) is 0 Å². The summed E-state index contributed by atoms with van der Waals surface area (Å²) in [6.07, 6.45) is 0. The van der Waals surface area contributed by atoms with Gasteiger partial charge in [-0.15, -0.1) is 11.3 Å². The third-order valence-electron chi connectivity index (χ3n) is 4.06. The number of nitriles is 1. The molecule has 0 bridgehead atoms. The number of hydrogen-bond acceptors (Lipinski definition) is 4. The summed E-state index contributed by atoms with van der Waals surface area (Å²) in [4.78, 5) is 14.1. The zero-order chi connectivity index (χ0) is 17.5.